The Kier molecular flexibility index (Phi) is 9.04. The van der Waals surface area contributed by atoms with Gasteiger partial charge in [0.1, 0.15) is 12.4 Å². The minimum absolute atomic E-state index is 0.00230. The van der Waals surface area contributed by atoms with Gasteiger partial charge in [0.2, 0.25) is 0 Å². The standard InChI is InChI=1S/C27H31NO2S/c1-3-18-28-27(29)23-14-12-21(13-15-23)10-7-11-24-19-25(31-2)16-17-26(24)30-20-22-8-5-4-6-9-22/h4-6,8-9,12-17,19H,3,7,10-11,18,20H2,1-2H3,(H,28,29). The summed E-state index contributed by atoms with van der Waals surface area (Å²) in [5, 5.41) is 2.92. The van der Waals surface area contributed by atoms with E-state index in [9.17, 15) is 4.79 Å². The summed E-state index contributed by atoms with van der Waals surface area (Å²) in [6.45, 7) is 3.34. The van der Waals surface area contributed by atoms with Crippen LogP contribution in [0.4, 0.5) is 0 Å². The lowest BCUT2D eigenvalue weighted by Gasteiger charge is -2.13. The SMILES string of the molecule is CCCNC(=O)c1ccc(CCCc2cc(SC)ccc2OCc2ccccc2)cc1. The molecule has 0 aliphatic heterocycles. The van der Waals surface area contributed by atoms with Crippen molar-refractivity contribution >= 4 is 17.7 Å². The summed E-state index contributed by atoms with van der Waals surface area (Å²) in [6.07, 6.45) is 6.00. The molecule has 4 heteroatoms. The number of aryl methyl sites for hydroxylation is 2. The number of benzene rings is 3. The molecule has 0 atom stereocenters. The minimum atomic E-state index is 0.00230. The van der Waals surface area contributed by atoms with E-state index < -0.39 is 0 Å². The average Bonchev–Trinajstić information content (AvgIpc) is 2.82. The summed E-state index contributed by atoms with van der Waals surface area (Å²) in [7, 11) is 0. The first-order valence-electron chi connectivity index (χ1n) is 10.9. The van der Waals surface area contributed by atoms with Crippen molar-refractivity contribution in [3.8, 4) is 5.75 Å². The molecule has 3 aromatic carbocycles. The van der Waals surface area contributed by atoms with Gasteiger partial charge in [-0.1, -0.05) is 49.4 Å². The van der Waals surface area contributed by atoms with Crippen LogP contribution in [-0.2, 0) is 19.4 Å². The Balaban J connectivity index is 1.58. The van der Waals surface area contributed by atoms with Gasteiger partial charge in [-0.25, -0.2) is 0 Å². The van der Waals surface area contributed by atoms with Crippen LogP contribution in [-0.4, -0.2) is 18.7 Å². The van der Waals surface area contributed by atoms with E-state index in [0.717, 1.165) is 37.0 Å². The highest BCUT2D eigenvalue weighted by Crippen LogP contribution is 2.27. The molecule has 1 amide bonds. The first-order valence-corrected chi connectivity index (χ1v) is 12.1. The van der Waals surface area contributed by atoms with E-state index in [0.29, 0.717) is 13.2 Å². The molecule has 0 fully saturated rings. The molecule has 3 aromatic rings. The number of amides is 1. The predicted molar refractivity (Wildman–Crippen MR) is 130 cm³/mol. The van der Waals surface area contributed by atoms with Crippen LogP contribution in [0.2, 0.25) is 0 Å². The van der Waals surface area contributed by atoms with Gasteiger partial charge < -0.3 is 10.1 Å². The Morgan fingerprint density at radius 3 is 2.42 bits per heavy atom. The first kappa shape index (κ1) is 23.0. The fourth-order valence-corrected chi connectivity index (χ4v) is 3.86. The molecule has 0 spiro atoms. The largest absolute Gasteiger partial charge is 0.489 e. The van der Waals surface area contributed by atoms with Gasteiger partial charge in [-0.3, -0.25) is 4.79 Å². The monoisotopic (exact) mass is 433 g/mol. The van der Waals surface area contributed by atoms with Crippen molar-refractivity contribution in [2.75, 3.05) is 12.8 Å². The van der Waals surface area contributed by atoms with E-state index in [2.05, 4.69) is 61.0 Å². The van der Waals surface area contributed by atoms with Crippen molar-refractivity contribution in [2.24, 2.45) is 0 Å². The topological polar surface area (TPSA) is 38.3 Å². The van der Waals surface area contributed by atoms with E-state index in [4.69, 9.17) is 4.74 Å². The van der Waals surface area contributed by atoms with Gasteiger partial charge >= 0.3 is 0 Å². The Morgan fingerprint density at radius 2 is 1.71 bits per heavy atom. The smallest absolute Gasteiger partial charge is 0.251 e. The summed E-state index contributed by atoms with van der Waals surface area (Å²) < 4.78 is 6.15. The van der Waals surface area contributed by atoms with Gasteiger partial charge in [0, 0.05) is 17.0 Å². The third-order valence-corrected chi connectivity index (χ3v) is 5.89. The van der Waals surface area contributed by atoms with Crippen molar-refractivity contribution in [2.45, 2.75) is 44.1 Å². The van der Waals surface area contributed by atoms with Crippen molar-refractivity contribution in [3.05, 3.63) is 95.1 Å². The van der Waals surface area contributed by atoms with Crippen molar-refractivity contribution in [3.63, 3.8) is 0 Å². The first-order chi connectivity index (χ1) is 15.2. The molecule has 3 rings (SSSR count). The zero-order chi connectivity index (χ0) is 21.9. The quantitative estimate of drug-likeness (QED) is 0.361. The van der Waals surface area contributed by atoms with Crippen LogP contribution in [0.3, 0.4) is 0 Å². The molecule has 0 bridgehead atoms. The number of nitrogens with one attached hydrogen (secondary N) is 1. The predicted octanol–water partition coefficient (Wildman–Crippen LogP) is 6.30. The summed E-state index contributed by atoms with van der Waals surface area (Å²) in [5.74, 6) is 0.965. The van der Waals surface area contributed by atoms with E-state index in [-0.39, 0.29) is 5.91 Å². The molecule has 162 valence electrons. The molecule has 0 aliphatic rings. The van der Waals surface area contributed by atoms with Gasteiger partial charge in [-0.2, -0.15) is 0 Å². The second-order valence-electron chi connectivity index (χ2n) is 7.55. The third kappa shape index (κ3) is 7.18. The number of rotatable bonds is 11. The highest BCUT2D eigenvalue weighted by atomic mass is 32.2. The Morgan fingerprint density at radius 1 is 0.935 bits per heavy atom. The van der Waals surface area contributed by atoms with Gasteiger partial charge in [0.15, 0.2) is 0 Å². The number of carbonyl (C=O) groups excluding carboxylic acids is 1. The lowest BCUT2D eigenvalue weighted by Crippen LogP contribution is -2.23. The summed E-state index contributed by atoms with van der Waals surface area (Å²) in [4.78, 5) is 13.3. The molecule has 0 heterocycles. The molecule has 0 aromatic heterocycles. The number of carbonyl (C=O) groups is 1. The van der Waals surface area contributed by atoms with Gasteiger partial charge in [0.05, 0.1) is 0 Å². The van der Waals surface area contributed by atoms with Crippen LogP contribution < -0.4 is 10.1 Å². The summed E-state index contributed by atoms with van der Waals surface area (Å²) in [6, 6.07) is 24.7. The highest BCUT2D eigenvalue weighted by Gasteiger charge is 2.08. The summed E-state index contributed by atoms with van der Waals surface area (Å²) >= 11 is 1.75. The van der Waals surface area contributed by atoms with Crippen molar-refractivity contribution < 1.29 is 9.53 Å². The van der Waals surface area contributed by atoms with Gasteiger partial charge in [0.25, 0.3) is 5.91 Å². The maximum atomic E-state index is 12.0. The maximum Gasteiger partial charge on any atom is 0.251 e. The molecule has 0 aliphatic carbocycles. The second-order valence-corrected chi connectivity index (χ2v) is 8.43. The molecule has 0 unspecified atom stereocenters. The van der Waals surface area contributed by atoms with Crippen LogP contribution in [0.15, 0.2) is 77.7 Å². The molecule has 3 nitrogen and oxygen atoms in total. The van der Waals surface area contributed by atoms with Gasteiger partial charge in [-0.15, -0.1) is 11.8 Å². The van der Waals surface area contributed by atoms with Crippen molar-refractivity contribution in [1.29, 1.82) is 0 Å². The molecule has 0 saturated carbocycles. The Hall–Kier alpha value is -2.72. The zero-order valence-electron chi connectivity index (χ0n) is 18.4. The number of hydrogen-bond donors (Lipinski definition) is 1. The van der Waals surface area contributed by atoms with Crippen molar-refractivity contribution in [1.82, 2.24) is 5.32 Å². The van der Waals surface area contributed by atoms with Crippen LogP contribution in [0.1, 0.15) is 46.8 Å². The highest BCUT2D eigenvalue weighted by molar-refractivity contribution is 7.98. The lowest BCUT2D eigenvalue weighted by molar-refractivity contribution is 0.0953. The zero-order valence-corrected chi connectivity index (χ0v) is 19.2. The lowest BCUT2D eigenvalue weighted by atomic mass is 10.0. The molecular weight excluding hydrogens is 402 g/mol. The Labute approximate surface area is 190 Å². The van der Waals surface area contributed by atoms with E-state index >= 15 is 0 Å². The van der Waals surface area contributed by atoms with E-state index in [1.165, 1.54) is 21.6 Å². The molecule has 0 saturated heterocycles. The van der Waals surface area contributed by atoms with Crippen LogP contribution >= 0.6 is 11.8 Å². The fraction of sp³-hybridized carbons (Fsp3) is 0.296. The number of hydrogen-bond acceptors (Lipinski definition) is 3. The molecule has 0 radical (unpaired) electrons. The van der Waals surface area contributed by atoms with Gasteiger partial charge in [-0.05, 0) is 79.0 Å². The van der Waals surface area contributed by atoms with Crippen LogP contribution in [0, 0.1) is 0 Å². The number of thioether (sulfide) groups is 1. The summed E-state index contributed by atoms with van der Waals surface area (Å²) in [5.41, 5.74) is 4.39. The normalized spacial score (nSPS) is 10.6. The van der Waals surface area contributed by atoms with E-state index in [1.54, 1.807) is 11.8 Å². The average molecular weight is 434 g/mol. The maximum absolute atomic E-state index is 12.0. The minimum Gasteiger partial charge on any atom is -0.489 e. The van der Waals surface area contributed by atoms with Crippen LogP contribution in [0.5, 0.6) is 5.75 Å². The molecular formula is C27H31NO2S. The van der Waals surface area contributed by atoms with E-state index in [1.807, 2.05) is 30.3 Å². The van der Waals surface area contributed by atoms with Crippen LogP contribution in [0.25, 0.3) is 0 Å². The number of ether oxygens (including phenoxy) is 1. The molecule has 1 N–H and O–H groups in total. The Bertz CT molecular complexity index is 955. The second kappa shape index (κ2) is 12.2. The third-order valence-electron chi connectivity index (χ3n) is 5.17. The molecule has 31 heavy (non-hydrogen) atoms. The fourth-order valence-electron chi connectivity index (χ4n) is 3.40.